The summed E-state index contributed by atoms with van der Waals surface area (Å²) in [4.78, 5) is 23.5. The van der Waals surface area contributed by atoms with E-state index >= 15 is 0 Å². The topological polar surface area (TPSA) is 83.6 Å². The number of aliphatic carboxylic acids is 1. The predicted molar refractivity (Wildman–Crippen MR) is 50.6 cm³/mol. The molecule has 1 amide bonds. The Morgan fingerprint density at radius 3 is 2.86 bits per heavy atom. The molecule has 0 bridgehead atoms. The first-order chi connectivity index (χ1) is 6.52. The Hall–Kier alpha value is -1.10. The average molecular weight is 200 g/mol. The second kappa shape index (κ2) is 4.41. The normalized spacial score (nSPS) is 28.7. The molecule has 0 aromatic carbocycles. The minimum Gasteiger partial charge on any atom is -0.480 e. The van der Waals surface area contributed by atoms with Gasteiger partial charge in [-0.3, -0.25) is 9.59 Å². The minimum absolute atomic E-state index is 0.0212. The van der Waals surface area contributed by atoms with Crippen LogP contribution in [0.2, 0.25) is 0 Å². The number of nitrogens with zero attached hydrogens (tertiary/aromatic N) is 1. The van der Waals surface area contributed by atoms with Crippen molar-refractivity contribution < 1.29 is 14.7 Å². The maximum absolute atomic E-state index is 11.6. The lowest BCUT2D eigenvalue weighted by molar-refractivity contribution is -0.146. The molecule has 3 N–H and O–H groups in total. The van der Waals surface area contributed by atoms with Gasteiger partial charge in [-0.15, -0.1) is 0 Å². The Morgan fingerprint density at radius 1 is 1.64 bits per heavy atom. The van der Waals surface area contributed by atoms with Gasteiger partial charge in [0.05, 0.1) is 6.04 Å². The van der Waals surface area contributed by atoms with Crippen LogP contribution in [0.4, 0.5) is 0 Å². The summed E-state index contributed by atoms with van der Waals surface area (Å²) in [5.41, 5.74) is 5.62. The summed E-state index contributed by atoms with van der Waals surface area (Å²) in [6.45, 7) is 1.62. The van der Waals surface area contributed by atoms with Crippen LogP contribution in [0.25, 0.3) is 0 Å². The first-order valence-electron chi connectivity index (χ1n) is 4.80. The number of carbonyl (C=O) groups excluding carboxylic acids is 1. The van der Waals surface area contributed by atoms with Gasteiger partial charge in [0, 0.05) is 6.04 Å². The van der Waals surface area contributed by atoms with E-state index in [1.54, 1.807) is 0 Å². The summed E-state index contributed by atoms with van der Waals surface area (Å²) in [5.74, 6) is -1.23. The zero-order chi connectivity index (χ0) is 10.7. The van der Waals surface area contributed by atoms with E-state index in [9.17, 15) is 9.59 Å². The van der Waals surface area contributed by atoms with Crippen molar-refractivity contribution in [3.63, 3.8) is 0 Å². The molecule has 0 radical (unpaired) electrons. The SMILES string of the molecule is CC1CCCC(N)C(=O)N1CC(=O)O. The van der Waals surface area contributed by atoms with Crippen molar-refractivity contribution in [1.82, 2.24) is 4.90 Å². The predicted octanol–water partition coefficient (Wildman–Crippen LogP) is -0.201. The lowest BCUT2D eigenvalue weighted by atomic mass is 10.1. The number of carboxylic acids is 1. The Kier molecular flexibility index (Phi) is 3.46. The van der Waals surface area contributed by atoms with E-state index in [-0.39, 0.29) is 18.5 Å². The molecule has 80 valence electrons. The molecule has 1 heterocycles. The fourth-order valence-electron chi connectivity index (χ4n) is 1.72. The standard InChI is InChI=1S/C9H16N2O3/c1-6-3-2-4-7(10)9(14)11(6)5-8(12)13/h6-7H,2-5,10H2,1H3,(H,12,13). The highest BCUT2D eigenvalue weighted by Gasteiger charge is 2.29. The van der Waals surface area contributed by atoms with Gasteiger partial charge < -0.3 is 15.7 Å². The van der Waals surface area contributed by atoms with Crippen molar-refractivity contribution in [3.05, 3.63) is 0 Å². The van der Waals surface area contributed by atoms with Crippen LogP contribution in [-0.4, -0.2) is 40.5 Å². The molecule has 1 aliphatic heterocycles. The van der Waals surface area contributed by atoms with Crippen molar-refractivity contribution in [2.45, 2.75) is 38.3 Å². The van der Waals surface area contributed by atoms with E-state index in [4.69, 9.17) is 10.8 Å². The molecule has 1 fully saturated rings. The van der Waals surface area contributed by atoms with Crippen LogP contribution >= 0.6 is 0 Å². The molecule has 0 saturated carbocycles. The van der Waals surface area contributed by atoms with E-state index in [1.165, 1.54) is 4.90 Å². The lowest BCUT2D eigenvalue weighted by Gasteiger charge is -2.26. The van der Waals surface area contributed by atoms with Crippen molar-refractivity contribution in [1.29, 1.82) is 0 Å². The molecule has 5 heteroatoms. The molecular formula is C9H16N2O3. The second-order valence-corrected chi connectivity index (χ2v) is 3.75. The Bertz CT molecular complexity index is 242. The second-order valence-electron chi connectivity index (χ2n) is 3.75. The summed E-state index contributed by atoms with van der Waals surface area (Å²) < 4.78 is 0. The van der Waals surface area contributed by atoms with Crippen LogP contribution in [0, 0.1) is 0 Å². The number of carbonyl (C=O) groups is 2. The number of hydrogen-bond donors (Lipinski definition) is 2. The number of nitrogens with two attached hydrogens (primary N) is 1. The number of hydrogen-bond acceptors (Lipinski definition) is 3. The summed E-state index contributed by atoms with van der Waals surface area (Å²) in [5, 5.41) is 8.64. The largest absolute Gasteiger partial charge is 0.480 e. The molecule has 1 aliphatic rings. The first kappa shape index (κ1) is 11.0. The number of amides is 1. The van der Waals surface area contributed by atoms with Crippen molar-refractivity contribution in [2.24, 2.45) is 5.73 Å². The monoisotopic (exact) mass is 200 g/mol. The zero-order valence-corrected chi connectivity index (χ0v) is 8.27. The average Bonchev–Trinajstić information content (AvgIpc) is 2.20. The molecular weight excluding hydrogens is 184 g/mol. The highest BCUT2D eigenvalue weighted by molar-refractivity contribution is 5.85. The van der Waals surface area contributed by atoms with Crippen LogP contribution in [-0.2, 0) is 9.59 Å². The third-order valence-corrected chi connectivity index (χ3v) is 2.57. The summed E-state index contributed by atoms with van der Waals surface area (Å²) in [6.07, 6.45) is 2.36. The molecule has 0 spiro atoms. The third-order valence-electron chi connectivity index (χ3n) is 2.57. The van der Waals surface area contributed by atoms with Gasteiger partial charge in [0.2, 0.25) is 5.91 Å². The van der Waals surface area contributed by atoms with Gasteiger partial charge in [-0.05, 0) is 26.2 Å². The fourth-order valence-corrected chi connectivity index (χ4v) is 1.72. The third kappa shape index (κ3) is 2.45. The molecule has 14 heavy (non-hydrogen) atoms. The van der Waals surface area contributed by atoms with Gasteiger partial charge in [0.15, 0.2) is 0 Å². The fraction of sp³-hybridized carbons (Fsp3) is 0.778. The number of likely N-dealkylation sites (tertiary alicyclic amines) is 1. The lowest BCUT2D eigenvalue weighted by Crippen LogP contribution is -2.47. The van der Waals surface area contributed by atoms with Crippen LogP contribution < -0.4 is 5.73 Å². The van der Waals surface area contributed by atoms with E-state index < -0.39 is 12.0 Å². The maximum Gasteiger partial charge on any atom is 0.323 e. The molecule has 0 aromatic rings. The Morgan fingerprint density at radius 2 is 2.29 bits per heavy atom. The van der Waals surface area contributed by atoms with Crippen LogP contribution in [0.5, 0.6) is 0 Å². The minimum atomic E-state index is -0.987. The molecule has 2 unspecified atom stereocenters. The molecule has 1 rings (SSSR count). The van der Waals surface area contributed by atoms with Crippen molar-refractivity contribution in [3.8, 4) is 0 Å². The quantitative estimate of drug-likeness (QED) is 0.646. The smallest absolute Gasteiger partial charge is 0.323 e. The van der Waals surface area contributed by atoms with Crippen LogP contribution in [0.15, 0.2) is 0 Å². The van der Waals surface area contributed by atoms with Crippen molar-refractivity contribution >= 4 is 11.9 Å². The van der Waals surface area contributed by atoms with Gasteiger partial charge in [0.25, 0.3) is 0 Å². The van der Waals surface area contributed by atoms with Gasteiger partial charge >= 0.3 is 5.97 Å². The maximum atomic E-state index is 11.6. The summed E-state index contributed by atoms with van der Waals surface area (Å²) in [6, 6.07) is -0.550. The van der Waals surface area contributed by atoms with Gasteiger partial charge in [-0.2, -0.15) is 0 Å². The van der Waals surface area contributed by atoms with Crippen molar-refractivity contribution in [2.75, 3.05) is 6.54 Å². The van der Waals surface area contributed by atoms with Gasteiger partial charge in [-0.25, -0.2) is 0 Å². The highest BCUT2D eigenvalue weighted by Crippen LogP contribution is 2.16. The summed E-state index contributed by atoms with van der Waals surface area (Å²) >= 11 is 0. The molecule has 5 nitrogen and oxygen atoms in total. The molecule has 1 saturated heterocycles. The molecule has 2 atom stereocenters. The Labute approximate surface area is 82.9 Å². The van der Waals surface area contributed by atoms with E-state index in [0.717, 1.165) is 12.8 Å². The molecule has 0 aromatic heterocycles. The van der Waals surface area contributed by atoms with Crippen LogP contribution in [0.1, 0.15) is 26.2 Å². The number of carboxylic acid groups (broad SMARTS) is 1. The van der Waals surface area contributed by atoms with Gasteiger partial charge in [-0.1, -0.05) is 0 Å². The highest BCUT2D eigenvalue weighted by atomic mass is 16.4. The van der Waals surface area contributed by atoms with E-state index in [1.807, 2.05) is 6.92 Å². The van der Waals surface area contributed by atoms with Gasteiger partial charge in [0.1, 0.15) is 6.54 Å². The number of rotatable bonds is 2. The van der Waals surface area contributed by atoms with E-state index in [0.29, 0.717) is 6.42 Å². The summed E-state index contributed by atoms with van der Waals surface area (Å²) in [7, 11) is 0. The molecule has 0 aliphatic carbocycles. The van der Waals surface area contributed by atoms with E-state index in [2.05, 4.69) is 0 Å². The zero-order valence-electron chi connectivity index (χ0n) is 8.27. The Balaban J connectivity index is 2.74. The van der Waals surface area contributed by atoms with Crippen LogP contribution in [0.3, 0.4) is 0 Å². The first-order valence-corrected chi connectivity index (χ1v) is 4.80.